The first-order valence-corrected chi connectivity index (χ1v) is 11.9. The Morgan fingerprint density at radius 1 is 1.03 bits per heavy atom. The van der Waals surface area contributed by atoms with E-state index in [1.807, 2.05) is 19.1 Å². The molecule has 1 atom stereocenters. The molecule has 6 nitrogen and oxygen atoms in total. The first-order chi connectivity index (χ1) is 14.4. The zero-order valence-electron chi connectivity index (χ0n) is 17.5. The second-order valence-electron chi connectivity index (χ2n) is 8.10. The summed E-state index contributed by atoms with van der Waals surface area (Å²) < 4.78 is 32.9. The number of ether oxygens (including phenoxy) is 1. The average molecular weight is 429 g/mol. The molecule has 1 unspecified atom stereocenters. The highest BCUT2D eigenvalue weighted by atomic mass is 32.2. The third-order valence-corrected chi connectivity index (χ3v) is 8.19. The monoisotopic (exact) mass is 428 g/mol. The summed E-state index contributed by atoms with van der Waals surface area (Å²) >= 11 is 0. The predicted molar refractivity (Wildman–Crippen MR) is 115 cm³/mol. The van der Waals surface area contributed by atoms with Crippen LogP contribution in [0.5, 0.6) is 5.75 Å². The first-order valence-electron chi connectivity index (χ1n) is 10.5. The van der Waals surface area contributed by atoms with Crippen LogP contribution >= 0.6 is 0 Å². The van der Waals surface area contributed by atoms with Crippen LogP contribution in [0.2, 0.25) is 0 Å². The Kier molecular flexibility index (Phi) is 5.84. The zero-order chi connectivity index (χ0) is 21.3. The molecule has 30 heavy (non-hydrogen) atoms. The Labute approximate surface area is 178 Å². The summed E-state index contributed by atoms with van der Waals surface area (Å²) in [6.45, 7) is 3.68. The first kappa shape index (κ1) is 20.9. The van der Waals surface area contributed by atoms with E-state index in [0.717, 1.165) is 37.0 Å². The SMILES string of the molecule is COc1ccc2c(c1)CN(C(=O)c1ccc(S(=O)(=O)N3CCCCC3C)cc1)CC2. The van der Waals surface area contributed by atoms with Gasteiger partial charge in [-0.15, -0.1) is 0 Å². The zero-order valence-corrected chi connectivity index (χ0v) is 18.3. The number of methoxy groups -OCH3 is 1. The lowest BCUT2D eigenvalue weighted by Crippen LogP contribution is -2.41. The maximum atomic E-state index is 13.0. The van der Waals surface area contributed by atoms with Gasteiger partial charge in [-0.1, -0.05) is 12.5 Å². The molecule has 4 rings (SSSR count). The number of benzene rings is 2. The number of carbonyl (C=O) groups is 1. The predicted octanol–water partition coefficient (Wildman–Crippen LogP) is 3.46. The molecule has 0 bridgehead atoms. The molecule has 1 fully saturated rings. The molecule has 0 aromatic heterocycles. The summed E-state index contributed by atoms with van der Waals surface area (Å²) in [7, 11) is -1.90. The number of hydrogen-bond acceptors (Lipinski definition) is 4. The quantitative estimate of drug-likeness (QED) is 0.748. The van der Waals surface area contributed by atoms with Crippen molar-refractivity contribution in [3.8, 4) is 5.75 Å². The van der Waals surface area contributed by atoms with Crippen LogP contribution < -0.4 is 4.74 Å². The van der Waals surface area contributed by atoms with Crippen LogP contribution in [0.15, 0.2) is 47.4 Å². The van der Waals surface area contributed by atoms with Crippen LogP contribution in [0.3, 0.4) is 0 Å². The molecule has 2 aromatic rings. The van der Waals surface area contributed by atoms with Gasteiger partial charge in [0.05, 0.1) is 12.0 Å². The molecule has 2 heterocycles. The third-order valence-electron chi connectivity index (χ3n) is 6.16. The van der Waals surface area contributed by atoms with E-state index < -0.39 is 10.0 Å². The fraction of sp³-hybridized carbons (Fsp3) is 0.435. The number of fused-ring (bicyclic) bond motifs is 1. The fourth-order valence-electron chi connectivity index (χ4n) is 4.35. The summed E-state index contributed by atoms with van der Waals surface area (Å²) in [5.74, 6) is 0.698. The normalized spacial score (nSPS) is 19.9. The minimum Gasteiger partial charge on any atom is -0.497 e. The van der Waals surface area contributed by atoms with Crippen LogP contribution in [0, 0.1) is 0 Å². The van der Waals surface area contributed by atoms with E-state index in [4.69, 9.17) is 4.74 Å². The highest BCUT2D eigenvalue weighted by Gasteiger charge is 2.31. The molecule has 0 radical (unpaired) electrons. The summed E-state index contributed by atoms with van der Waals surface area (Å²) in [5, 5.41) is 0. The van der Waals surface area contributed by atoms with E-state index >= 15 is 0 Å². The van der Waals surface area contributed by atoms with Crippen molar-refractivity contribution in [3.05, 3.63) is 59.2 Å². The third kappa shape index (κ3) is 3.96. The Bertz CT molecular complexity index is 1030. The van der Waals surface area contributed by atoms with E-state index in [2.05, 4.69) is 6.07 Å². The number of rotatable bonds is 4. The fourth-order valence-corrected chi connectivity index (χ4v) is 6.05. The molecule has 0 N–H and O–H groups in total. The van der Waals surface area contributed by atoms with Crippen molar-refractivity contribution in [1.29, 1.82) is 0 Å². The van der Waals surface area contributed by atoms with Crippen molar-refractivity contribution in [2.45, 2.75) is 50.1 Å². The van der Waals surface area contributed by atoms with Gasteiger partial charge in [-0.25, -0.2) is 8.42 Å². The van der Waals surface area contributed by atoms with E-state index in [0.29, 0.717) is 25.2 Å². The Morgan fingerprint density at radius 2 is 1.80 bits per heavy atom. The van der Waals surface area contributed by atoms with Crippen LogP contribution in [-0.4, -0.2) is 49.8 Å². The van der Waals surface area contributed by atoms with Crippen molar-refractivity contribution < 1.29 is 17.9 Å². The maximum absolute atomic E-state index is 13.0. The number of hydrogen-bond donors (Lipinski definition) is 0. The molecule has 0 aliphatic carbocycles. The number of amides is 1. The Morgan fingerprint density at radius 3 is 2.50 bits per heavy atom. The highest BCUT2D eigenvalue weighted by molar-refractivity contribution is 7.89. The molecule has 1 saturated heterocycles. The molecule has 160 valence electrons. The minimum atomic E-state index is -3.53. The largest absolute Gasteiger partial charge is 0.497 e. The summed E-state index contributed by atoms with van der Waals surface area (Å²) in [6.07, 6.45) is 3.63. The van der Waals surface area contributed by atoms with Crippen LogP contribution in [0.25, 0.3) is 0 Å². The van der Waals surface area contributed by atoms with Crippen LogP contribution in [0.1, 0.15) is 47.7 Å². The van der Waals surface area contributed by atoms with E-state index in [-0.39, 0.29) is 16.8 Å². The molecule has 1 amide bonds. The molecule has 7 heteroatoms. The number of carbonyl (C=O) groups excluding carboxylic acids is 1. The average Bonchev–Trinajstić information content (AvgIpc) is 2.78. The van der Waals surface area contributed by atoms with Crippen molar-refractivity contribution in [1.82, 2.24) is 9.21 Å². The molecule has 2 aliphatic rings. The summed E-state index contributed by atoms with van der Waals surface area (Å²) in [5.41, 5.74) is 2.83. The topological polar surface area (TPSA) is 66.9 Å². The van der Waals surface area contributed by atoms with Gasteiger partial charge >= 0.3 is 0 Å². The van der Waals surface area contributed by atoms with Crippen LogP contribution in [-0.2, 0) is 23.0 Å². The molecule has 0 spiro atoms. The van der Waals surface area contributed by atoms with Crippen molar-refractivity contribution in [3.63, 3.8) is 0 Å². The van der Waals surface area contributed by atoms with Crippen molar-refractivity contribution >= 4 is 15.9 Å². The van der Waals surface area contributed by atoms with Gasteiger partial charge in [0.2, 0.25) is 10.0 Å². The van der Waals surface area contributed by atoms with Crippen molar-refractivity contribution in [2.24, 2.45) is 0 Å². The molecular weight excluding hydrogens is 400 g/mol. The highest BCUT2D eigenvalue weighted by Crippen LogP contribution is 2.27. The Hall–Kier alpha value is -2.38. The van der Waals surface area contributed by atoms with E-state index in [1.165, 1.54) is 5.56 Å². The lowest BCUT2D eigenvalue weighted by Gasteiger charge is -2.32. The summed E-state index contributed by atoms with van der Waals surface area (Å²) in [6, 6.07) is 12.4. The van der Waals surface area contributed by atoms with E-state index in [1.54, 1.807) is 40.6 Å². The van der Waals surface area contributed by atoms with Gasteiger partial charge in [-0.3, -0.25) is 4.79 Å². The number of nitrogens with zero attached hydrogens (tertiary/aromatic N) is 2. The second-order valence-corrected chi connectivity index (χ2v) is 9.99. The smallest absolute Gasteiger partial charge is 0.254 e. The van der Waals surface area contributed by atoms with Crippen molar-refractivity contribution in [2.75, 3.05) is 20.2 Å². The summed E-state index contributed by atoms with van der Waals surface area (Å²) in [4.78, 5) is 15.1. The maximum Gasteiger partial charge on any atom is 0.254 e. The van der Waals surface area contributed by atoms with Gasteiger partial charge in [0.1, 0.15) is 5.75 Å². The van der Waals surface area contributed by atoms with Gasteiger partial charge in [-0.2, -0.15) is 4.31 Å². The number of sulfonamides is 1. The molecule has 0 saturated carbocycles. The van der Waals surface area contributed by atoms with Gasteiger partial charge in [0, 0.05) is 31.2 Å². The molecule has 2 aromatic carbocycles. The van der Waals surface area contributed by atoms with Gasteiger partial charge < -0.3 is 9.64 Å². The minimum absolute atomic E-state index is 0.00969. The van der Waals surface area contributed by atoms with Gasteiger partial charge in [0.15, 0.2) is 0 Å². The Balaban J connectivity index is 1.51. The lowest BCUT2D eigenvalue weighted by molar-refractivity contribution is 0.0734. The second kappa shape index (κ2) is 8.40. The van der Waals surface area contributed by atoms with E-state index in [9.17, 15) is 13.2 Å². The standard InChI is InChI=1S/C23H28N2O4S/c1-17-5-3-4-13-25(17)30(27,28)22-10-7-19(8-11-22)23(26)24-14-12-18-6-9-21(29-2)15-20(18)16-24/h6-11,15,17H,3-5,12-14,16H2,1-2H3. The number of piperidine rings is 1. The van der Waals surface area contributed by atoms with Gasteiger partial charge in [0.25, 0.3) is 5.91 Å². The lowest BCUT2D eigenvalue weighted by atomic mass is 9.99. The molecule has 2 aliphatic heterocycles. The van der Waals surface area contributed by atoms with Gasteiger partial charge in [-0.05, 0) is 73.7 Å². The van der Waals surface area contributed by atoms with Crippen LogP contribution in [0.4, 0.5) is 0 Å². The molecular formula is C23H28N2O4S.